The average Bonchev–Trinajstić information content (AvgIpc) is 3.41. The van der Waals surface area contributed by atoms with Crippen molar-refractivity contribution in [3.05, 3.63) is 54.8 Å². The van der Waals surface area contributed by atoms with Crippen molar-refractivity contribution in [2.45, 2.75) is 50.6 Å². The molecule has 5 atom stereocenters. The van der Waals surface area contributed by atoms with E-state index in [4.69, 9.17) is 23.7 Å². The van der Waals surface area contributed by atoms with Gasteiger partial charge in [0.2, 0.25) is 6.29 Å². The number of hydrogen-bond acceptors (Lipinski definition) is 7. The van der Waals surface area contributed by atoms with Crippen LogP contribution in [0.25, 0.3) is 0 Å². The molecule has 0 aromatic heterocycles. The fourth-order valence-corrected chi connectivity index (χ4v) is 6.42. The van der Waals surface area contributed by atoms with Crippen LogP contribution in [0.15, 0.2) is 49.3 Å². The SMILES string of the molecule is C=CCc1cc2c(cc1OC)OC(C1C34CC(C(C)(C)O)C1(CC=C)C(=O)C=C3OCO4)O2. The fraction of sp³-hybridized carbons (Fsp3) is 0.500. The summed E-state index contributed by atoms with van der Waals surface area (Å²) in [5.74, 6) is 1.18. The first-order valence-corrected chi connectivity index (χ1v) is 11.2. The molecule has 2 aliphatic heterocycles. The van der Waals surface area contributed by atoms with Crippen molar-refractivity contribution in [2.24, 2.45) is 17.3 Å². The predicted molar refractivity (Wildman–Crippen MR) is 120 cm³/mol. The van der Waals surface area contributed by atoms with E-state index in [0.29, 0.717) is 42.3 Å². The highest BCUT2D eigenvalue weighted by Crippen LogP contribution is 2.68. The van der Waals surface area contributed by atoms with E-state index < -0.39 is 34.7 Å². The third kappa shape index (κ3) is 2.91. The molecule has 1 aromatic carbocycles. The molecule has 1 spiro atoms. The minimum absolute atomic E-state index is 0.0370. The highest BCUT2D eigenvalue weighted by atomic mass is 16.7. The number of methoxy groups -OCH3 is 1. The number of hydrogen-bond donors (Lipinski definition) is 1. The molecule has 0 amide bonds. The number of aliphatic hydroxyl groups is 1. The Morgan fingerprint density at radius 3 is 2.61 bits per heavy atom. The predicted octanol–water partition coefficient (Wildman–Crippen LogP) is 3.70. The van der Waals surface area contributed by atoms with Crippen LogP contribution in [0.5, 0.6) is 17.2 Å². The number of carbonyl (C=O) groups is 1. The minimum atomic E-state index is -1.15. The first-order valence-electron chi connectivity index (χ1n) is 11.2. The molecule has 1 saturated carbocycles. The van der Waals surface area contributed by atoms with Crippen LogP contribution in [0, 0.1) is 17.3 Å². The number of benzene rings is 1. The number of ether oxygens (including phenoxy) is 5. The van der Waals surface area contributed by atoms with Crippen LogP contribution in [-0.2, 0) is 20.7 Å². The van der Waals surface area contributed by atoms with Crippen LogP contribution in [-0.4, -0.2) is 42.3 Å². The molecule has 1 aromatic rings. The standard InChI is InChI=1S/C26H30O7/c1-6-8-15-10-17-18(11-16(15)29-5)33-23(32-17)22-25(9-7-2)19(24(3,4)28)13-26(22)21(12-20(25)27)30-14-31-26/h6-7,10-12,19,22-23,28H,1-2,8-9,13-14H2,3-5H3. The van der Waals surface area contributed by atoms with Crippen molar-refractivity contribution in [2.75, 3.05) is 13.9 Å². The number of carbonyl (C=O) groups excluding carboxylic acids is 1. The summed E-state index contributed by atoms with van der Waals surface area (Å²) in [6.07, 6.45) is 5.62. The Morgan fingerprint density at radius 1 is 1.24 bits per heavy atom. The monoisotopic (exact) mass is 454 g/mol. The van der Waals surface area contributed by atoms with Crippen molar-refractivity contribution in [1.29, 1.82) is 0 Å². The molecule has 7 nitrogen and oxygen atoms in total. The van der Waals surface area contributed by atoms with E-state index in [1.807, 2.05) is 6.07 Å². The molecule has 1 saturated heterocycles. The maximum absolute atomic E-state index is 13.7. The summed E-state index contributed by atoms with van der Waals surface area (Å²) in [7, 11) is 1.61. The lowest BCUT2D eigenvalue weighted by molar-refractivity contribution is -0.160. The summed E-state index contributed by atoms with van der Waals surface area (Å²) >= 11 is 0. The Labute approximate surface area is 193 Å². The molecule has 0 radical (unpaired) electrons. The van der Waals surface area contributed by atoms with Crippen molar-refractivity contribution in [3.63, 3.8) is 0 Å². The first-order chi connectivity index (χ1) is 15.7. The molecule has 2 aliphatic carbocycles. The molecule has 33 heavy (non-hydrogen) atoms. The fourth-order valence-electron chi connectivity index (χ4n) is 6.42. The molecule has 2 fully saturated rings. The minimum Gasteiger partial charge on any atom is -0.496 e. The Morgan fingerprint density at radius 2 is 1.97 bits per heavy atom. The smallest absolute Gasteiger partial charge is 0.248 e. The molecular formula is C26H30O7. The van der Waals surface area contributed by atoms with E-state index in [1.165, 1.54) is 6.08 Å². The Hall–Kier alpha value is -2.77. The Balaban J connectivity index is 1.63. The van der Waals surface area contributed by atoms with Crippen molar-refractivity contribution in [3.8, 4) is 17.2 Å². The van der Waals surface area contributed by atoms with Crippen LogP contribution in [0.3, 0.4) is 0 Å². The second-order valence-corrected chi connectivity index (χ2v) is 9.80. The summed E-state index contributed by atoms with van der Waals surface area (Å²) in [6.45, 7) is 11.2. The van der Waals surface area contributed by atoms with Gasteiger partial charge < -0.3 is 28.8 Å². The van der Waals surface area contributed by atoms with E-state index in [1.54, 1.807) is 39.2 Å². The average molecular weight is 455 g/mol. The maximum atomic E-state index is 13.7. The molecule has 2 heterocycles. The van der Waals surface area contributed by atoms with E-state index in [2.05, 4.69) is 13.2 Å². The number of fused-ring (bicyclic) bond motifs is 2. The lowest BCUT2D eigenvalue weighted by atomic mass is 9.59. The van der Waals surface area contributed by atoms with E-state index in [0.717, 1.165) is 5.56 Å². The normalized spacial score (nSPS) is 33.9. The molecule has 5 rings (SSSR count). The zero-order chi connectivity index (χ0) is 23.6. The number of allylic oxidation sites excluding steroid dienone is 3. The number of rotatable bonds is 7. The molecule has 1 N–H and O–H groups in total. The van der Waals surface area contributed by atoms with Crippen LogP contribution in [0.1, 0.15) is 32.3 Å². The zero-order valence-electron chi connectivity index (χ0n) is 19.3. The zero-order valence-corrected chi connectivity index (χ0v) is 19.3. The second-order valence-electron chi connectivity index (χ2n) is 9.80. The van der Waals surface area contributed by atoms with Gasteiger partial charge in [0.15, 0.2) is 24.1 Å². The summed E-state index contributed by atoms with van der Waals surface area (Å²) < 4.78 is 30.2. The van der Waals surface area contributed by atoms with Crippen LogP contribution in [0.4, 0.5) is 0 Å². The molecule has 176 valence electrons. The van der Waals surface area contributed by atoms with Crippen molar-refractivity contribution in [1.82, 2.24) is 0 Å². The lowest BCUT2D eigenvalue weighted by Gasteiger charge is -2.46. The first kappa shape index (κ1) is 22.0. The maximum Gasteiger partial charge on any atom is 0.248 e. The van der Waals surface area contributed by atoms with Gasteiger partial charge in [-0.25, -0.2) is 0 Å². The Bertz CT molecular complexity index is 1050. The molecule has 5 unspecified atom stereocenters. The quantitative estimate of drug-likeness (QED) is 0.629. The van der Waals surface area contributed by atoms with Gasteiger partial charge in [0.25, 0.3) is 0 Å². The van der Waals surface area contributed by atoms with Crippen molar-refractivity contribution < 1.29 is 33.6 Å². The molecule has 4 aliphatic rings. The van der Waals surface area contributed by atoms with Gasteiger partial charge in [0.05, 0.1) is 24.0 Å². The number of ketones is 1. The Kier molecular flexibility index (Phi) is 4.92. The van der Waals surface area contributed by atoms with Gasteiger partial charge in [-0.15, -0.1) is 13.2 Å². The van der Waals surface area contributed by atoms with Gasteiger partial charge in [-0.1, -0.05) is 12.2 Å². The highest BCUT2D eigenvalue weighted by molar-refractivity contribution is 5.98. The van der Waals surface area contributed by atoms with E-state index in [-0.39, 0.29) is 12.6 Å². The van der Waals surface area contributed by atoms with Gasteiger partial charge >= 0.3 is 0 Å². The molecule has 7 heteroatoms. The molecular weight excluding hydrogens is 424 g/mol. The third-order valence-electron chi connectivity index (χ3n) is 7.66. The summed E-state index contributed by atoms with van der Waals surface area (Å²) in [4.78, 5) is 13.7. The molecule has 2 bridgehead atoms. The van der Waals surface area contributed by atoms with E-state index >= 15 is 0 Å². The van der Waals surface area contributed by atoms with Gasteiger partial charge in [-0.2, -0.15) is 0 Å². The van der Waals surface area contributed by atoms with Gasteiger partial charge in [0, 0.05) is 23.6 Å². The summed E-state index contributed by atoms with van der Waals surface area (Å²) in [5, 5.41) is 11.2. The van der Waals surface area contributed by atoms with Crippen LogP contribution < -0.4 is 14.2 Å². The van der Waals surface area contributed by atoms with Crippen molar-refractivity contribution >= 4 is 5.78 Å². The largest absolute Gasteiger partial charge is 0.496 e. The second kappa shape index (κ2) is 7.37. The van der Waals surface area contributed by atoms with Gasteiger partial charge in [0.1, 0.15) is 17.1 Å². The summed E-state index contributed by atoms with van der Waals surface area (Å²) in [5.41, 5.74) is -2.17. The van der Waals surface area contributed by atoms with Crippen LogP contribution >= 0.6 is 0 Å². The van der Waals surface area contributed by atoms with E-state index in [9.17, 15) is 9.90 Å². The lowest BCUT2D eigenvalue weighted by Crippen LogP contribution is -2.57. The third-order valence-corrected chi connectivity index (χ3v) is 7.66. The van der Waals surface area contributed by atoms with Gasteiger partial charge in [-0.05, 0) is 39.2 Å². The van der Waals surface area contributed by atoms with Crippen LogP contribution in [0.2, 0.25) is 0 Å². The van der Waals surface area contributed by atoms with Gasteiger partial charge in [-0.3, -0.25) is 4.79 Å². The topological polar surface area (TPSA) is 83.5 Å². The summed E-state index contributed by atoms with van der Waals surface area (Å²) in [6, 6.07) is 3.69. The highest BCUT2D eigenvalue weighted by Gasteiger charge is 2.76.